The van der Waals surface area contributed by atoms with Crippen molar-refractivity contribution in [3.05, 3.63) is 83.4 Å². The smallest absolute Gasteiger partial charge is 0.253 e. The van der Waals surface area contributed by atoms with Crippen molar-refractivity contribution >= 4 is 17.5 Å². The first kappa shape index (κ1) is 23.0. The molecule has 0 spiro atoms. The Kier molecular flexibility index (Phi) is 7.49. The van der Waals surface area contributed by atoms with E-state index in [-0.39, 0.29) is 25.2 Å². The Morgan fingerprint density at radius 3 is 2.68 bits per heavy atom. The lowest BCUT2D eigenvalue weighted by molar-refractivity contribution is -0.119. The molecule has 0 saturated heterocycles. The van der Waals surface area contributed by atoms with Gasteiger partial charge in [-0.2, -0.15) is 0 Å². The summed E-state index contributed by atoms with van der Waals surface area (Å²) in [5, 5.41) is 8.75. The minimum absolute atomic E-state index is 0.0386. The number of nitrogens with one attached hydrogen (secondary N) is 3. The van der Waals surface area contributed by atoms with Gasteiger partial charge < -0.3 is 30.2 Å². The van der Waals surface area contributed by atoms with Gasteiger partial charge in [-0.15, -0.1) is 0 Å². The van der Waals surface area contributed by atoms with Crippen LogP contribution in [0.1, 0.15) is 21.5 Å². The number of ether oxygens (including phenoxy) is 3. The number of para-hydroxylation sites is 1. The molecule has 1 aliphatic heterocycles. The number of anilines is 1. The number of fused-ring (bicyclic) bond motifs is 1. The first-order chi connectivity index (χ1) is 16.6. The predicted octanol–water partition coefficient (Wildman–Crippen LogP) is 3.26. The zero-order chi connectivity index (χ0) is 23.8. The molecule has 2 amide bonds. The molecule has 0 unspecified atom stereocenters. The summed E-state index contributed by atoms with van der Waals surface area (Å²) in [6.45, 7) is 3.33. The lowest BCUT2D eigenvalue weighted by atomic mass is 10.1. The minimum atomic E-state index is -0.243. The molecule has 0 saturated carbocycles. The van der Waals surface area contributed by atoms with E-state index in [1.54, 1.807) is 18.2 Å². The van der Waals surface area contributed by atoms with E-state index in [1.807, 2.05) is 55.5 Å². The fourth-order valence-electron chi connectivity index (χ4n) is 3.47. The molecular weight excluding hydrogens is 434 g/mol. The Morgan fingerprint density at radius 1 is 0.941 bits per heavy atom. The Bertz CT molecular complexity index is 1160. The highest BCUT2D eigenvalue weighted by atomic mass is 16.7. The zero-order valence-corrected chi connectivity index (χ0v) is 18.9. The second-order valence-electron chi connectivity index (χ2n) is 7.78. The fourth-order valence-corrected chi connectivity index (χ4v) is 3.47. The number of benzene rings is 3. The third-order valence-corrected chi connectivity index (χ3v) is 5.18. The maximum atomic E-state index is 12.8. The van der Waals surface area contributed by atoms with Gasteiger partial charge in [-0.05, 0) is 54.4 Å². The zero-order valence-electron chi connectivity index (χ0n) is 18.9. The van der Waals surface area contributed by atoms with Gasteiger partial charge in [0, 0.05) is 12.2 Å². The first-order valence-electron chi connectivity index (χ1n) is 11.0. The molecule has 0 radical (unpaired) electrons. The first-order valence-corrected chi connectivity index (χ1v) is 11.0. The molecule has 3 N–H and O–H groups in total. The third kappa shape index (κ3) is 6.19. The molecule has 176 valence electrons. The van der Waals surface area contributed by atoms with Crippen LogP contribution in [0.15, 0.2) is 66.7 Å². The molecule has 1 aliphatic rings. The topological polar surface area (TPSA) is 97.9 Å². The number of carbonyl (C=O) groups is 2. The van der Waals surface area contributed by atoms with E-state index >= 15 is 0 Å². The van der Waals surface area contributed by atoms with E-state index in [2.05, 4.69) is 16.0 Å². The monoisotopic (exact) mass is 461 g/mol. The van der Waals surface area contributed by atoms with Gasteiger partial charge in [0.2, 0.25) is 12.7 Å². The van der Waals surface area contributed by atoms with E-state index in [0.717, 1.165) is 16.9 Å². The molecule has 0 fully saturated rings. The predicted molar refractivity (Wildman–Crippen MR) is 128 cm³/mol. The van der Waals surface area contributed by atoms with Crippen LogP contribution in [0.25, 0.3) is 0 Å². The molecule has 1 heterocycles. The molecule has 8 nitrogen and oxygen atoms in total. The number of hydrogen-bond acceptors (Lipinski definition) is 6. The lowest BCUT2D eigenvalue weighted by Crippen LogP contribution is -2.33. The molecule has 3 aromatic rings. The molecule has 8 heteroatoms. The summed E-state index contributed by atoms with van der Waals surface area (Å²) >= 11 is 0. The Balaban J connectivity index is 1.23. The molecule has 0 atom stereocenters. The molecule has 3 aromatic carbocycles. The van der Waals surface area contributed by atoms with Crippen molar-refractivity contribution in [3.8, 4) is 17.2 Å². The highest BCUT2D eigenvalue weighted by Gasteiger charge is 2.15. The van der Waals surface area contributed by atoms with E-state index in [0.29, 0.717) is 42.4 Å². The second-order valence-corrected chi connectivity index (χ2v) is 7.78. The number of aryl methyl sites for hydroxylation is 1. The second kappa shape index (κ2) is 11.1. The van der Waals surface area contributed by atoms with E-state index < -0.39 is 0 Å². The normalized spacial score (nSPS) is 11.6. The van der Waals surface area contributed by atoms with E-state index in [9.17, 15) is 9.59 Å². The largest absolute Gasteiger partial charge is 0.492 e. The third-order valence-electron chi connectivity index (χ3n) is 5.18. The summed E-state index contributed by atoms with van der Waals surface area (Å²) in [4.78, 5) is 25.0. The Hall–Kier alpha value is -4.20. The van der Waals surface area contributed by atoms with Crippen LogP contribution >= 0.6 is 0 Å². The highest BCUT2D eigenvalue weighted by Crippen LogP contribution is 2.32. The van der Waals surface area contributed by atoms with Gasteiger partial charge in [-0.3, -0.25) is 9.59 Å². The van der Waals surface area contributed by atoms with Crippen molar-refractivity contribution < 1.29 is 23.8 Å². The van der Waals surface area contributed by atoms with E-state index in [4.69, 9.17) is 14.2 Å². The molecule has 0 aromatic heterocycles. The molecule has 0 aliphatic carbocycles. The van der Waals surface area contributed by atoms with Crippen LogP contribution in [0.5, 0.6) is 17.2 Å². The van der Waals surface area contributed by atoms with E-state index in [1.165, 1.54) is 0 Å². The van der Waals surface area contributed by atoms with Gasteiger partial charge in [0.1, 0.15) is 12.4 Å². The summed E-state index contributed by atoms with van der Waals surface area (Å²) < 4.78 is 16.3. The van der Waals surface area contributed by atoms with Gasteiger partial charge in [0.15, 0.2) is 11.5 Å². The van der Waals surface area contributed by atoms with Crippen LogP contribution in [-0.2, 0) is 11.3 Å². The summed E-state index contributed by atoms with van der Waals surface area (Å²) in [5.41, 5.74) is 3.05. The van der Waals surface area contributed by atoms with Gasteiger partial charge in [-0.25, -0.2) is 0 Å². The van der Waals surface area contributed by atoms with Crippen LogP contribution < -0.4 is 30.2 Å². The standard InChI is InChI=1S/C26H27N3O5/c1-18-5-4-6-20(13-18)32-12-11-27-25(30)16-28-22-8-3-2-7-21(22)26(31)29-15-19-9-10-23-24(14-19)34-17-33-23/h2-10,13-14,28H,11-12,15-17H2,1H3,(H,27,30)(H,29,31). The summed E-state index contributed by atoms with van der Waals surface area (Å²) in [7, 11) is 0. The van der Waals surface area contributed by atoms with Crippen LogP contribution in [0.3, 0.4) is 0 Å². The van der Waals surface area contributed by atoms with Crippen molar-refractivity contribution in [1.29, 1.82) is 0 Å². The fraction of sp³-hybridized carbons (Fsp3) is 0.231. The quantitative estimate of drug-likeness (QED) is 0.401. The average molecular weight is 462 g/mol. The van der Waals surface area contributed by atoms with Crippen molar-refractivity contribution in [2.24, 2.45) is 0 Å². The van der Waals surface area contributed by atoms with Crippen LogP contribution in [0.2, 0.25) is 0 Å². The van der Waals surface area contributed by atoms with Gasteiger partial charge >= 0.3 is 0 Å². The van der Waals surface area contributed by atoms with Crippen molar-refractivity contribution in [1.82, 2.24) is 10.6 Å². The SMILES string of the molecule is Cc1cccc(OCCNC(=O)CNc2ccccc2C(=O)NCc2ccc3c(c2)OCO3)c1. The summed E-state index contributed by atoms with van der Waals surface area (Å²) in [5.74, 6) is 1.71. The lowest BCUT2D eigenvalue weighted by Gasteiger charge is -2.13. The summed E-state index contributed by atoms with van der Waals surface area (Å²) in [6, 6.07) is 20.4. The summed E-state index contributed by atoms with van der Waals surface area (Å²) in [6.07, 6.45) is 0. The Morgan fingerprint density at radius 2 is 1.79 bits per heavy atom. The number of rotatable bonds is 10. The number of hydrogen-bond donors (Lipinski definition) is 3. The maximum Gasteiger partial charge on any atom is 0.253 e. The number of amides is 2. The average Bonchev–Trinajstić information content (AvgIpc) is 3.32. The molecule has 34 heavy (non-hydrogen) atoms. The van der Waals surface area contributed by atoms with Crippen molar-refractivity contribution in [2.45, 2.75) is 13.5 Å². The van der Waals surface area contributed by atoms with Crippen LogP contribution in [-0.4, -0.2) is 38.3 Å². The van der Waals surface area contributed by atoms with Gasteiger partial charge in [0.05, 0.1) is 18.7 Å². The molecule has 4 rings (SSSR count). The van der Waals surface area contributed by atoms with Gasteiger partial charge in [-0.1, -0.05) is 30.3 Å². The number of carbonyl (C=O) groups excluding carboxylic acids is 2. The minimum Gasteiger partial charge on any atom is -0.492 e. The molecule has 0 bridgehead atoms. The van der Waals surface area contributed by atoms with Crippen molar-refractivity contribution in [3.63, 3.8) is 0 Å². The highest BCUT2D eigenvalue weighted by molar-refractivity contribution is 6.00. The van der Waals surface area contributed by atoms with Crippen LogP contribution in [0.4, 0.5) is 5.69 Å². The van der Waals surface area contributed by atoms with Gasteiger partial charge in [0.25, 0.3) is 5.91 Å². The van der Waals surface area contributed by atoms with Crippen LogP contribution in [0, 0.1) is 6.92 Å². The maximum absolute atomic E-state index is 12.8. The van der Waals surface area contributed by atoms with Crippen molar-refractivity contribution in [2.75, 3.05) is 31.8 Å². The Labute approximate surface area is 198 Å². The molecular formula is C26H27N3O5.